The monoisotopic (exact) mass is 314 g/mol. The predicted octanol–water partition coefficient (Wildman–Crippen LogP) is 2.04. The van der Waals surface area contributed by atoms with Crippen LogP contribution in [-0.4, -0.2) is 41.7 Å². The summed E-state index contributed by atoms with van der Waals surface area (Å²) >= 11 is 0. The Balaban J connectivity index is 1.80. The summed E-state index contributed by atoms with van der Waals surface area (Å²) in [5.74, 6) is -0.145. The number of hydrogen-bond acceptors (Lipinski definition) is 3. The molecule has 124 valence electrons. The molecule has 23 heavy (non-hydrogen) atoms. The Kier molecular flexibility index (Phi) is 6.56. The van der Waals surface area contributed by atoms with Crippen LogP contribution in [0.4, 0.5) is 0 Å². The third-order valence-corrected chi connectivity index (χ3v) is 4.10. The maximum atomic E-state index is 12.0. The summed E-state index contributed by atoms with van der Waals surface area (Å²) in [5.41, 5.74) is 3.35. The SMILES string of the molecule is C/C=C\C(=C/C)C(=O)NC[C@H](O)CN1CCc2ccccc2C1. The van der Waals surface area contributed by atoms with Crippen LogP contribution in [-0.2, 0) is 17.8 Å². The van der Waals surface area contributed by atoms with Crippen molar-refractivity contribution in [1.82, 2.24) is 10.2 Å². The molecule has 0 spiro atoms. The summed E-state index contributed by atoms with van der Waals surface area (Å²) in [6, 6.07) is 8.44. The van der Waals surface area contributed by atoms with Crippen LogP contribution in [0.25, 0.3) is 0 Å². The normalized spacial score (nSPS) is 17.1. The Morgan fingerprint density at radius 2 is 2.09 bits per heavy atom. The second kappa shape index (κ2) is 8.65. The van der Waals surface area contributed by atoms with Crippen molar-refractivity contribution >= 4 is 5.91 Å². The van der Waals surface area contributed by atoms with Gasteiger partial charge in [-0.15, -0.1) is 0 Å². The number of fused-ring (bicyclic) bond motifs is 1. The van der Waals surface area contributed by atoms with Crippen LogP contribution in [0.5, 0.6) is 0 Å². The van der Waals surface area contributed by atoms with Crippen molar-refractivity contribution in [2.75, 3.05) is 19.6 Å². The summed E-state index contributed by atoms with van der Waals surface area (Å²) in [7, 11) is 0. The summed E-state index contributed by atoms with van der Waals surface area (Å²) in [6.07, 6.45) is 5.82. The van der Waals surface area contributed by atoms with Crippen LogP contribution in [0.2, 0.25) is 0 Å². The minimum atomic E-state index is -0.562. The summed E-state index contributed by atoms with van der Waals surface area (Å²) in [6.45, 7) is 6.35. The first-order valence-corrected chi connectivity index (χ1v) is 8.18. The number of benzene rings is 1. The smallest absolute Gasteiger partial charge is 0.251 e. The van der Waals surface area contributed by atoms with Crippen molar-refractivity contribution in [3.05, 3.63) is 59.2 Å². The van der Waals surface area contributed by atoms with E-state index in [0.29, 0.717) is 12.1 Å². The van der Waals surface area contributed by atoms with E-state index in [4.69, 9.17) is 0 Å². The maximum Gasteiger partial charge on any atom is 0.251 e. The first-order chi connectivity index (χ1) is 11.1. The molecule has 0 unspecified atom stereocenters. The molecule has 0 saturated carbocycles. The molecule has 1 aliphatic heterocycles. The Morgan fingerprint density at radius 3 is 2.78 bits per heavy atom. The minimum absolute atomic E-state index is 0.145. The maximum absolute atomic E-state index is 12.0. The highest BCUT2D eigenvalue weighted by Crippen LogP contribution is 2.18. The van der Waals surface area contributed by atoms with Crippen molar-refractivity contribution in [2.45, 2.75) is 32.9 Å². The molecule has 0 saturated heterocycles. The fraction of sp³-hybridized carbons (Fsp3) is 0.421. The van der Waals surface area contributed by atoms with Gasteiger partial charge in [0.2, 0.25) is 0 Å². The van der Waals surface area contributed by atoms with E-state index >= 15 is 0 Å². The van der Waals surface area contributed by atoms with Crippen LogP contribution >= 0.6 is 0 Å². The van der Waals surface area contributed by atoms with Crippen molar-refractivity contribution in [2.24, 2.45) is 0 Å². The fourth-order valence-electron chi connectivity index (χ4n) is 2.87. The number of aliphatic hydroxyl groups is 1. The van der Waals surface area contributed by atoms with Gasteiger partial charge in [0.15, 0.2) is 0 Å². The van der Waals surface area contributed by atoms with Gasteiger partial charge in [-0.05, 0) is 31.4 Å². The van der Waals surface area contributed by atoms with Crippen molar-refractivity contribution in [3.8, 4) is 0 Å². The lowest BCUT2D eigenvalue weighted by Crippen LogP contribution is -2.42. The molecule has 4 nitrogen and oxygen atoms in total. The zero-order valence-electron chi connectivity index (χ0n) is 14.0. The van der Waals surface area contributed by atoms with Crippen LogP contribution in [0.15, 0.2) is 48.1 Å². The minimum Gasteiger partial charge on any atom is -0.390 e. The van der Waals surface area contributed by atoms with Gasteiger partial charge in [0.1, 0.15) is 0 Å². The molecule has 1 amide bonds. The number of carbonyl (C=O) groups excluding carboxylic acids is 1. The Bertz CT molecular complexity index is 593. The topological polar surface area (TPSA) is 52.6 Å². The van der Waals surface area contributed by atoms with E-state index in [1.54, 1.807) is 12.2 Å². The Hall–Kier alpha value is -1.91. The molecular formula is C19H26N2O2. The van der Waals surface area contributed by atoms with Gasteiger partial charge in [0.05, 0.1) is 6.10 Å². The number of nitrogens with zero attached hydrogens (tertiary/aromatic N) is 1. The number of allylic oxidation sites excluding steroid dienone is 2. The van der Waals surface area contributed by atoms with Crippen LogP contribution in [0.1, 0.15) is 25.0 Å². The van der Waals surface area contributed by atoms with E-state index in [2.05, 4.69) is 34.5 Å². The Labute approximate surface area is 138 Å². The highest BCUT2D eigenvalue weighted by atomic mass is 16.3. The molecule has 0 fully saturated rings. The predicted molar refractivity (Wildman–Crippen MR) is 93.0 cm³/mol. The Morgan fingerprint density at radius 1 is 1.35 bits per heavy atom. The average molecular weight is 314 g/mol. The standard InChI is InChI=1S/C19H26N2O2/c1-3-7-15(4-2)19(23)20-12-18(22)14-21-11-10-16-8-5-6-9-17(16)13-21/h3-9,18,22H,10-14H2,1-2H3,(H,20,23)/b7-3-,15-4+/t18-/m0/s1. The summed E-state index contributed by atoms with van der Waals surface area (Å²) in [5, 5.41) is 13.0. The zero-order chi connectivity index (χ0) is 16.7. The molecule has 1 atom stereocenters. The van der Waals surface area contributed by atoms with E-state index in [9.17, 15) is 9.90 Å². The third-order valence-electron chi connectivity index (χ3n) is 4.10. The quantitative estimate of drug-likeness (QED) is 0.624. The molecule has 1 aliphatic rings. The molecule has 0 bridgehead atoms. The van der Waals surface area contributed by atoms with Crippen molar-refractivity contribution in [3.63, 3.8) is 0 Å². The number of rotatable bonds is 6. The van der Waals surface area contributed by atoms with E-state index in [1.807, 2.05) is 19.9 Å². The molecule has 0 aliphatic carbocycles. The van der Waals surface area contributed by atoms with Gasteiger partial charge in [-0.2, -0.15) is 0 Å². The van der Waals surface area contributed by atoms with E-state index in [1.165, 1.54) is 11.1 Å². The lowest BCUT2D eigenvalue weighted by atomic mass is 10.00. The lowest BCUT2D eigenvalue weighted by Gasteiger charge is -2.30. The highest BCUT2D eigenvalue weighted by molar-refractivity contribution is 5.96. The zero-order valence-corrected chi connectivity index (χ0v) is 14.0. The van der Waals surface area contributed by atoms with Crippen LogP contribution in [0, 0.1) is 0 Å². The number of hydrogen-bond donors (Lipinski definition) is 2. The highest BCUT2D eigenvalue weighted by Gasteiger charge is 2.18. The van der Waals surface area contributed by atoms with Gasteiger partial charge in [-0.1, -0.05) is 42.5 Å². The van der Waals surface area contributed by atoms with Gasteiger partial charge in [-0.3, -0.25) is 9.69 Å². The lowest BCUT2D eigenvalue weighted by molar-refractivity contribution is -0.117. The van der Waals surface area contributed by atoms with E-state index in [0.717, 1.165) is 19.5 Å². The molecule has 1 aromatic carbocycles. The molecule has 2 N–H and O–H groups in total. The molecule has 0 radical (unpaired) electrons. The third kappa shape index (κ3) is 5.05. The number of amides is 1. The first kappa shape index (κ1) is 17.4. The summed E-state index contributed by atoms with van der Waals surface area (Å²) < 4.78 is 0. The molecular weight excluding hydrogens is 288 g/mol. The van der Waals surface area contributed by atoms with E-state index < -0.39 is 6.10 Å². The second-order valence-corrected chi connectivity index (χ2v) is 5.86. The van der Waals surface area contributed by atoms with Crippen LogP contribution < -0.4 is 5.32 Å². The van der Waals surface area contributed by atoms with Gasteiger partial charge in [0, 0.05) is 31.8 Å². The van der Waals surface area contributed by atoms with Crippen LogP contribution in [0.3, 0.4) is 0 Å². The van der Waals surface area contributed by atoms with Gasteiger partial charge >= 0.3 is 0 Å². The number of carbonyl (C=O) groups is 1. The first-order valence-electron chi connectivity index (χ1n) is 8.18. The molecule has 4 heteroatoms. The van der Waals surface area contributed by atoms with Gasteiger partial charge in [-0.25, -0.2) is 0 Å². The van der Waals surface area contributed by atoms with E-state index in [-0.39, 0.29) is 12.5 Å². The molecule has 1 aromatic rings. The molecule has 0 aromatic heterocycles. The van der Waals surface area contributed by atoms with Gasteiger partial charge < -0.3 is 10.4 Å². The van der Waals surface area contributed by atoms with Crippen molar-refractivity contribution in [1.29, 1.82) is 0 Å². The number of aliphatic hydroxyl groups excluding tert-OH is 1. The van der Waals surface area contributed by atoms with Crippen molar-refractivity contribution < 1.29 is 9.90 Å². The number of nitrogens with one attached hydrogen (secondary N) is 1. The fourth-order valence-corrected chi connectivity index (χ4v) is 2.87. The summed E-state index contributed by atoms with van der Waals surface area (Å²) in [4.78, 5) is 14.2. The largest absolute Gasteiger partial charge is 0.390 e. The number of β-amino-alcohol motifs (C(OH)–C–C–N with tert-alkyl or cyclic N) is 1. The molecule has 1 heterocycles. The van der Waals surface area contributed by atoms with Gasteiger partial charge in [0.25, 0.3) is 5.91 Å². The second-order valence-electron chi connectivity index (χ2n) is 5.86. The average Bonchev–Trinajstić information content (AvgIpc) is 2.57. The molecule has 2 rings (SSSR count).